The van der Waals surface area contributed by atoms with E-state index in [2.05, 4.69) is 16.1 Å². The molecule has 2 heterocycles. The molecule has 0 saturated heterocycles. The molecule has 6 heteroatoms. The molecule has 130 valence electrons. The van der Waals surface area contributed by atoms with Crippen LogP contribution < -0.4 is 5.56 Å². The molecule has 0 amide bonds. The van der Waals surface area contributed by atoms with Gasteiger partial charge in [0.1, 0.15) is 17.5 Å². The summed E-state index contributed by atoms with van der Waals surface area (Å²) in [6.07, 6.45) is 3.06. The van der Waals surface area contributed by atoms with Gasteiger partial charge in [0.05, 0.1) is 18.4 Å². The number of nitrogens with zero attached hydrogens (tertiary/aromatic N) is 4. The Hall–Kier alpha value is -3.28. The highest BCUT2D eigenvalue weighted by Gasteiger charge is 2.13. The SMILES string of the molecule is Cc1ccc(-n2ncc3c(=O)n(Cc4ccc(F)cc4)cnc32)c(C)c1. The van der Waals surface area contributed by atoms with E-state index in [0.29, 0.717) is 17.6 Å². The predicted octanol–water partition coefficient (Wildman–Crippen LogP) is 3.39. The third-order valence-corrected chi connectivity index (χ3v) is 4.40. The molecule has 4 rings (SSSR count). The Balaban J connectivity index is 1.78. The normalized spacial score (nSPS) is 11.2. The van der Waals surface area contributed by atoms with Crippen LogP contribution in [0, 0.1) is 19.7 Å². The third-order valence-electron chi connectivity index (χ3n) is 4.40. The lowest BCUT2D eigenvalue weighted by atomic mass is 10.1. The van der Waals surface area contributed by atoms with E-state index in [4.69, 9.17) is 0 Å². The molecule has 0 atom stereocenters. The minimum absolute atomic E-state index is 0.171. The van der Waals surface area contributed by atoms with Gasteiger partial charge >= 0.3 is 0 Å². The number of hydrogen-bond donors (Lipinski definition) is 0. The van der Waals surface area contributed by atoms with Gasteiger partial charge in [-0.3, -0.25) is 9.36 Å². The minimum Gasteiger partial charge on any atom is -0.294 e. The lowest BCUT2D eigenvalue weighted by Gasteiger charge is -2.09. The molecule has 0 saturated carbocycles. The van der Waals surface area contributed by atoms with Crippen molar-refractivity contribution in [1.29, 1.82) is 0 Å². The summed E-state index contributed by atoms with van der Waals surface area (Å²) < 4.78 is 16.2. The molecular formula is C20H17FN4O. The summed E-state index contributed by atoms with van der Waals surface area (Å²) in [5.74, 6) is -0.301. The Morgan fingerprint density at radius 2 is 1.85 bits per heavy atom. The van der Waals surface area contributed by atoms with E-state index < -0.39 is 0 Å². The molecule has 0 aliphatic heterocycles. The fourth-order valence-electron chi connectivity index (χ4n) is 3.07. The van der Waals surface area contributed by atoms with Crippen molar-refractivity contribution < 1.29 is 4.39 Å². The van der Waals surface area contributed by atoms with Gasteiger partial charge < -0.3 is 0 Å². The molecule has 0 radical (unpaired) electrons. The fourth-order valence-corrected chi connectivity index (χ4v) is 3.07. The van der Waals surface area contributed by atoms with E-state index in [1.807, 2.05) is 26.0 Å². The molecule has 2 aromatic carbocycles. The van der Waals surface area contributed by atoms with Crippen LogP contribution in [0.15, 0.2) is 59.8 Å². The molecule has 0 N–H and O–H groups in total. The summed E-state index contributed by atoms with van der Waals surface area (Å²) in [6, 6.07) is 12.1. The number of hydrogen-bond acceptors (Lipinski definition) is 3. The van der Waals surface area contributed by atoms with Crippen molar-refractivity contribution in [2.45, 2.75) is 20.4 Å². The number of aryl methyl sites for hydroxylation is 2. The van der Waals surface area contributed by atoms with Crippen LogP contribution in [0.1, 0.15) is 16.7 Å². The Bertz CT molecular complexity index is 1160. The topological polar surface area (TPSA) is 52.7 Å². The highest BCUT2D eigenvalue weighted by atomic mass is 19.1. The standard InChI is InChI=1S/C20H17FN4O/c1-13-3-8-18(14(2)9-13)25-19-17(10-23-25)20(26)24(12-22-19)11-15-4-6-16(21)7-5-15/h3-10,12H,11H2,1-2H3. The fraction of sp³-hybridized carbons (Fsp3) is 0.150. The van der Waals surface area contributed by atoms with Crippen molar-refractivity contribution in [3.05, 3.63) is 87.9 Å². The summed E-state index contributed by atoms with van der Waals surface area (Å²) >= 11 is 0. The van der Waals surface area contributed by atoms with Crippen molar-refractivity contribution in [2.75, 3.05) is 0 Å². The molecule has 2 aromatic heterocycles. The van der Waals surface area contributed by atoms with Gasteiger partial charge in [0.2, 0.25) is 0 Å². The van der Waals surface area contributed by atoms with Gasteiger partial charge in [-0.25, -0.2) is 14.1 Å². The maximum atomic E-state index is 13.0. The molecular weight excluding hydrogens is 331 g/mol. The predicted molar refractivity (Wildman–Crippen MR) is 98.1 cm³/mol. The molecule has 26 heavy (non-hydrogen) atoms. The number of halogens is 1. The van der Waals surface area contributed by atoms with Crippen LogP contribution in [0.25, 0.3) is 16.7 Å². The first-order valence-electron chi connectivity index (χ1n) is 8.28. The molecule has 0 fully saturated rings. The first-order valence-corrected chi connectivity index (χ1v) is 8.28. The first kappa shape index (κ1) is 16.2. The monoisotopic (exact) mass is 348 g/mol. The first-order chi connectivity index (χ1) is 12.5. The van der Waals surface area contributed by atoms with Crippen LogP contribution in [0.5, 0.6) is 0 Å². The summed E-state index contributed by atoms with van der Waals surface area (Å²) in [4.78, 5) is 17.2. The van der Waals surface area contributed by atoms with Gasteiger partial charge in [0.25, 0.3) is 5.56 Å². The zero-order valence-electron chi connectivity index (χ0n) is 14.5. The second kappa shape index (κ2) is 6.22. The lowest BCUT2D eigenvalue weighted by Crippen LogP contribution is -2.21. The summed E-state index contributed by atoms with van der Waals surface area (Å²) in [5, 5.41) is 4.82. The Morgan fingerprint density at radius 3 is 2.58 bits per heavy atom. The molecule has 0 spiro atoms. The van der Waals surface area contributed by atoms with Crippen molar-refractivity contribution in [1.82, 2.24) is 19.3 Å². The van der Waals surface area contributed by atoms with E-state index >= 15 is 0 Å². The van der Waals surface area contributed by atoms with E-state index in [9.17, 15) is 9.18 Å². The smallest absolute Gasteiger partial charge is 0.264 e. The lowest BCUT2D eigenvalue weighted by molar-refractivity contribution is 0.626. The van der Waals surface area contributed by atoms with Crippen molar-refractivity contribution in [3.63, 3.8) is 0 Å². The van der Waals surface area contributed by atoms with Gasteiger partial charge in [-0.1, -0.05) is 29.8 Å². The summed E-state index contributed by atoms with van der Waals surface area (Å²) in [5.41, 5.74) is 4.31. The largest absolute Gasteiger partial charge is 0.294 e. The average Bonchev–Trinajstić information content (AvgIpc) is 3.04. The molecule has 0 aliphatic rings. The zero-order chi connectivity index (χ0) is 18.3. The van der Waals surface area contributed by atoms with Gasteiger partial charge in [-0.15, -0.1) is 0 Å². The van der Waals surface area contributed by atoms with Gasteiger partial charge in [-0.05, 0) is 43.2 Å². The maximum Gasteiger partial charge on any atom is 0.264 e. The van der Waals surface area contributed by atoms with Gasteiger partial charge in [0.15, 0.2) is 5.65 Å². The highest BCUT2D eigenvalue weighted by Crippen LogP contribution is 2.18. The van der Waals surface area contributed by atoms with Crippen molar-refractivity contribution in [2.24, 2.45) is 0 Å². The van der Waals surface area contributed by atoms with Crippen molar-refractivity contribution in [3.8, 4) is 5.69 Å². The van der Waals surface area contributed by atoms with Gasteiger partial charge in [-0.2, -0.15) is 5.10 Å². The molecule has 0 aliphatic carbocycles. The van der Waals surface area contributed by atoms with Crippen LogP contribution >= 0.6 is 0 Å². The second-order valence-corrected chi connectivity index (χ2v) is 6.39. The molecule has 0 unspecified atom stereocenters. The average molecular weight is 348 g/mol. The van der Waals surface area contributed by atoms with Crippen LogP contribution in [0.4, 0.5) is 4.39 Å². The van der Waals surface area contributed by atoms with E-state index in [1.165, 1.54) is 23.0 Å². The van der Waals surface area contributed by atoms with E-state index in [0.717, 1.165) is 22.4 Å². The molecule has 4 aromatic rings. The maximum absolute atomic E-state index is 13.0. The van der Waals surface area contributed by atoms with Crippen LogP contribution in [0.2, 0.25) is 0 Å². The molecule has 0 bridgehead atoms. The number of aromatic nitrogens is 4. The molecule has 5 nitrogen and oxygen atoms in total. The third kappa shape index (κ3) is 2.79. The second-order valence-electron chi connectivity index (χ2n) is 6.39. The Kier molecular flexibility index (Phi) is 3.88. The van der Waals surface area contributed by atoms with E-state index in [-0.39, 0.29) is 11.4 Å². The van der Waals surface area contributed by atoms with E-state index in [1.54, 1.807) is 23.0 Å². The number of benzene rings is 2. The van der Waals surface area contributed by atoms with Gasteiger partial charge in [0, 0.05) is 0 Å². The number of fused-ring (bicyclic) bond motifs is 1. The zero-order valence-corrected chi connectivity index (χ0v) is 14.5. The Labute approximate surface area is 149 Å². The highest BCUT2D eigenvalue weighted by molar-refractivity contribution is 5.75. The van der Waals surface area contributed by atoms with Crippen LogP contribution in [-0.4, -0.2) is 19.3 Å². The van der Waals surface area contributed by atoms with Crippen LogP contribution in [-0.2, 0) is 6.54 Å². The summed E-state index contributed by atoms with van der Waals surface area (Å²) in [7, 11) is 0. The number of rotatable bonds is 3. The van der Waals surface area contributed by atoms with Crippen LogP contribution in [0.3, 0.4) is 0 Å². The quantitative estimate of drug-likeness (QED) is 0.570. The van der Waals surface area contributed by atoms with Crippen molar-refractivity contribution >= 4 is 11.0 Å². The Morgan fingerprint density at radius 1 is 1.08 bits per heavy atom. The minimum atomic E-state index is -0.301. The summed E-state index contributed by atoms with van der Waals surface area (Å²) in [6.45, 7) is 4.37.